The van der Waals surface area contributed by atoms with Gasteiger partial charge in [0.1, 0.15) is 0 Å². The average Bonchev–Trinajstić information content (AvgIpc) is 2.32. The molecule has 0 unspecified atom stereocenters. The fourth-order valence-electron chi connectivity index (χ4n) is 2.13. The smallest absolute Gasteiger partial charge is 0.351 e. The second kappa shape index (κ2) is 5.42. The number of hydrogen-bond acceptors (Lipinski definition) is 3. The van der Waals surface area contributed by atoms with Gasteiger partial charge in [0.25, 0.3) is 0 Å². The molecule has 1 aromatic heterocycles. The number of alkyl halides is 3. The van der Waals surface area contributed by atoms with Crippen molar-refractivity contribution in [2.45, 2.75) is 37.9 Å². The van der Waals surface area contributed by atoms with Gasteiger partial charge in [-0.05, 0) is 41.6 Å². The quantitative estimate of drug-likeness (QED) is 0.900. The zero-order valence-corrected chi connectivity index (χ0v) is 11.1. The van der Waals surface area contributed by atoms with E-state index in [1.807, 2.05) is 0 Å². The Bertz CT molecular complexity index is 386. The molecule has 2 rings (SSSR count). The Morgan fingerprint density at radius 3 is 2.17 bits per heavy atom. The van der Waals surface area contributed by atoms with Crippen LogP contribution in [0.4, 0.5) is 19.1 Å². The van der Waals surface area contributed by atoms with Crippen molar-refractivity contribution in [3.05, 3.63) is 16.9 Å². The molecule has 7 heteroatoms. The Kier molecular flexibility index (Phi) is 4.09. The number of halogens is 4. The van der Waals surface area contributed by atoms with Crippen LogP contribution in [0.1, 0.15) is 25.7 Å². The molecule has 0 amide bonds. The van der Waals surface area contributed by atoms with Gasteiger partial charge in [-0.1, -0.05) is 0 Å². The van der Waals surface area contributed by atoms with Crippen LogP contribution >= 0.6 is 15.9 Å². The lowest BCUT2D eigenvalue weighted by atomic mass is 9.86. The van der Waals surface area contributed by atoms with Gasteiger partial charge in [0.2, 0.25) is 5.95 Å². The van der Waals surface area contributed by atoms with E-state index in [9.17, 15) is 13.2 Å². The first kappa shape index (κ1) is 13.6. The normalized spacial score (nSPS) is 24.9. The summed E-state index contributed by atoms with van der Waals surface area (Å²) in [6, 6.07) is 0.0322. The fraction of sp³-hybridized carbons (Fsp3) is 0.636. The molecular weight excluding hydrogens is 311 g/mol. The second-order valence-electron chi connectivity index (χ2n) is 4.46. The lowest BCUT2D eigenvalue weighted by molar-refractivity contribution is -0.182. The van der Waals surface area contributed by atoms with Crippen molar-refractivity contribution >= 4 is 21.9 Å². The van der Waals surface area contributed by atoms with Crippen molar-refractivity contribution < 1.29 is 13.2 Å². The average molecular weight is 324 g/mol. The Morgan fingerprint density at radius 2 is 1.67 bits per heavy atom. The predicted molar refractivity (Wildman–Crippen MR) is 65.2 cm³/mol. The molecule has 0 saturated heterocycles. The van der Waals surface area contributed by atoms with Gasteiger partial charge in [0, 0.05) is 18.4 Å². The summed E-state index contributed by atoms with van der Waals surface area (Å²) in [6.07, 6.45) is 0.523. The van der Waals surface area contributed by atoms with E-state index in [2.05, 4.69) is 31.2 Å². The van der Waals surface area contributed by atoms with Crippen molar-refractivity contribution in [3.63, 3.8) is 0 Å². The first-order valence-corrected chi connectivity index (χ1v) is 6.55. The van der Waals surface area contributed by atoms with Crippen LogP contribution in [0.25, 0.3) is 0 Å². The number of aromatic nitrogens is 2. The third-order valence-electron chi connectivity index (χ3n) is 3.14. The fourth-order valence-corrected chi connectivity index (χ4v) is 2.34. The first-order chi connectivity index (χ1) is 8.45. The summed E-state index contributed by atoms with van der Waals surface area (Å²) in [5.41, 5.74) is 0. The molecule has 1 heterocycles. The molecule has 0 aliphatic heterocycles. The van der Waals surface area contributed by atoms with E-state index in [0.717, 1.165) is 4.47 Å². The Balaban J connectivity index is 1.85. The highest BCUT2D eigenvalue weighted by Crippen LogP contribution is 2.37. The third kappa shape index (κ3) is 3.57. The van der Waals surface area contributed by atoms with Crippen LogP contribution in [0, 0.1) is 5.92 Å². The molecule has 1 aliphatic carbocycles. The van der Waals surface area contributed by atoms with Crippen LogP contribution in [0.2, 0.25) is 0 Å². The summed E-state index contributed by atoms with van der Waals surface area (Å²) >= 11 is 3.22. The lowest BCUT2D eigenvalue weighted by Gasteiger charge is -2.30. The molecule has 0 spiro atoms. The molecule has 0 atom stereocenters. The minimum absolute atomic E-state index is 0.0322. The molecule has 3 nitrogen and oxygen atoms in total. The SMILES string of the molecule is FC(F)(F)C1CCC(Nc2ncc(Br)cn2)CC1. The maximum Gasteiger partial charge on any atom is 0.391 e. The van der Waals surface area contributed by atoms with Gasteiger partial charge in [-0.15, -0.1) is 0 Å². The number of rotatable bonds is 2. The maximum absolute atomic E-state index is 12.5. The standard InChI is InChI=1S/C11H13BrF3N3/c12-8-5-16-10(17-6-8)18-9-3-1-7(2-4-9)11(13,14)15/h5-7,9H,1-4H2,(H,16,17,18). The van der Waals surface area contributed by atoms with Gasteiger partial charge in [0.15, 0.2) is 0 Å². The predicted octanol–water partition coefficient (Wildman–Crippen LogP) is 3.77. The van der Waals surface area contributed by atoms with Crippen molar-refractivity contribution in [1.29, 1.82) is 0 Å². The number of nitrogens with zero attached hydrogens (tertiary/aromatic N) is 2. The molecule has 100 valence electrons. The summed E-state index contributed by atoms with van der Waals surface area (Å²) in [4.78, 5) is 8.10. The van der Waals surface area contributed by atoms with E-state index in [1.165, 1.54) is 0 Å². The molecule has 1 N–H and O–H groups in total. The van der Waals surface area contributed by atoms with Gasteiger partial charge in [-0.2, -0.15) is 13.2 Å². The van der Waals surface area contributed by atoms with Crippen molar-refractivity contribution in [2.24, 2.45) is 5.92 Å². The summed E-state index contributed by atoms with van der Waals surface area (Å²) in [5.74, 6) is -0.685. The highest BCUT2D eigenvalue weighted by molar-refractivity contribution is 9.10. The number of nitrogens with one attached hydrogen (secondary N) is 1. The first-order valence-electron chi connectivity index (χ1n) is 5.76. The largest absolute Gasteiger partial charge is 0.391 e. The maximum atomic E-state index is 12.5. The van der Waals surface area contributed by atoms with Crippen LogP contribution in [0.5, 0.6) is 0 Å². The van der Waals surface area contributed by atoms with Crippen molar-refractivity contribution in [1.82, 2.24) is 9.97 Å². The molecular formula is C11H13BrF3N3. The second-order valence-corrected chi connectivity index (χ2v) is 5.38. The van der Waals surface area contributed by atoms with Crippen molar-refractivity contribution in [3.8, 4) is 0 Å². The lowest BCUT2D eigenvalue weighted by Crippen LogP contribution is -2.33. The van der Waals surface area contributed by atoms with E-state index >= 15 is 0 Å². The summed E-state index contributed by atoms with van der Waals surface area (Å²) in [7, 11) is 0. The van der Waals surface area contributed by atoms with Gasteiger partial charge in [-0.3, -0.25) is 0 Å². The van der Waals surface area contributed by atoms with Gasteiger partial charge < -0.3 is 5.32 Å². The number of anilines is 1. The molecule has 0 bridgehead atoms. The highest BCUT2D eigenvalue weighted by Gasteiger charge is 2.41. The minimum Gasteiger partial charge on any atom is -0.351 e. The Hall–Kier alpha value is -0.850. The molecule has 1 fully saturated rings. The summed E-state index contributed by atoms with van der Waals surface area (Å²) in [6.45, 7) is 0. The monoisotopic (exact) mass is 323 g/mol. The topological polar surface area (TPSA) is 37.8 Å². The molecule has 1 saturated carbocycles. The van der Waals surface area contributed by atoms with Gasteiger partial charge in [0.05, 0.1) is 10.4 Å². The minimum atomic E-state index is -4.06. The summed E-state index contributed by atoms with van der Waals surface area (Å²) in [5, 5.41) is 3.07. The number of hydrogen-bond donors (Lipinski definition) is 1. The van der Waals surface area contributed by atoms with Crippen LogP contribution in [0.3, 0.4) is 0 Å². The van der Waals surface area contributed by atoms with E-state index in [-0.39, 0.29) is 18.9 Å². The van der Waals surface area contributed by atoms with Gasteiger partial charge in [-0.25, -0.2) is 9.97 Å². The zero-order valence-electron chi connectivity index (χ0n) is 9.54. The molecule has 1 aromatic rings. The Labute approximate surface area is 111 Å². The van der Waals surface area contributed by atoms with Crippen LogP contribution in [-0.2, 0) is 0 Å². The Morgan fingerprint density at radius 1 is 1.11 bits per heavy atom. The van der Waals surface area contributed by atoms with E-state index in [1.54, 1.807) is 12.4 Å². The van der Waals surface area contributed by atoms with Crippen LogP contribution in [0.15, 0.2) is 16.9 Å². The highest BCUT2D eigenvalue weighted by atomic mass is 79.9. The van der Waals surface area contributed by atoms with E-state index in [4.69, 9.17) is 0 Å². The van der Waals surface area contributed by atoms with Crippen molar-refractivity contribution in [2.75, 3.05) is 5.32 Å². The molecule has 0 aromatic carbocycles. The zero-order chi connectivity index (χ0) is 13.2. The summed E-state index contributed by atoms with van der Waals surface area (Å²) < 4.78 is 38.2. The molecule has 18 heavy (non-hydrogen) atoms. The van der Waals surface area contributed by atoms with E-state index in [0.29, 0.717) is 18.8 Å². The third-order valence-corrected chi connectivity index (χ3v) is 3.55. The van der Waals surface area contributed by atoms with E-state index < -0.39 is 12.1 Å². The van der Waals surface area contributed by atoms with Crippen LogP contribution < -0.4 is 5.32 Å². The van der Waals surface area contributed by atoms with Gasteiger partial charge >= 0.3 is 6.18 Å². The molecule has 1 aliphatic rings. The molecule has 0 radical (unpaired) electrons. The van der Waals surface area contributed by atoms with Crippen LogP contribution in [-0.4, -0.2) is 22.2 Å².